The van der Waals surface area contributed by atoms with Crippen LogP contribution in [-0.4, -0.2) is 28.8 Å². The predicted octanol–water partition coefficient (Wildman–Crippen LogP) is 3.72. The van der Waals surface area contributed by atoms with Crippen molar-refractivity contribution in [2.75, 3.05) is 13.4 Å². The Morgan fingerprint density at radius 1 is 1.41 bits per heavy atom. The lowest BCUT2D eigenvalue weighted by Crippen LogP contribution is -2.03. The molecule has 0 spiro atoms. The Balaban J connectivity index is 2.42. The van der Waals surface area contributed by atoms with Gasteiger partial charge in [-0.25, -0.2) is 4.99 Å². The zero-order chi connectivity index (χ0) is 16.3. The molecule has 0 aliphatic carbocycles. The minimum Gasteiger partial charge on any atom is -0.493 e. The minimum absolute atomic E-state index is 0.0979. The van der Waals surface area contributed by atoms with Crippen molar-refractivity contribution in [3.05, 3.63) is 27.9 Å². The molecule has 8 heteroatoms. The molecule has 0 fully saturated rings. The van der Waals surface area contributed by atoms with Gasteiger partial charge in [0, 0.05) is 11.4 Å². The summed E-state index contributed by atoms with van der Waals surface area (Å²) in [4.78, 5) is 27.2. The summed E-state index contributed by atoms with van der Waals surface area (Å²) in [7, 11) is 1.48. The summed E-state index contributed by atoms with van der Waals surface area (Å²) in [6.07, 6.45) is 3.54. The van der Waals surface area contributed by atoms with Gasteiger partial charge in [0.15, 0.2) is 11.5 Å². The van der Waals surface area contributed by atoms with E-state index in [2.05, 4.69) is 20.9 Å². The number of halogens is 1. The first-order valence-corrected chi connectivity index (χ1v) is 8.90. The van der Waals surface area contributed by atoms with Crippen LogP contribution in [0.25, 0.3) is 6.08 Å². The molecule has 0 bridgehead atoms. The Morgan fingerprint density at radius 3 is 2.68 bits per heavy atom. The summed E-state index contributed by atoms with van der Waals surface area (Å²) in [6.45, 7) is 1.32. The maximum atomic E-state index is 11.9. The second kappa shape index (κ2) is 7.34. The van der Waals surface area contributed by atoms with Crippen molar-refractivity contribution < 1.29 is 19.1 Å². The zero-order valence-corrected chi connectivity index (χ0v) is 15.2. The van der Waals surface area contributed by atoms with E-state index in [9.17, 15) is 9.59 Å². The normalized spacial score (nSPS) is 15.9. The monoisotopic (exact) mass is 401 g/mol. The minimum atomic E-state index is -0.437. The molecule has 0 amide bonds. The van der Waals surface area contributed by atoms with E-state index >= 15 is 0 Å². The van der Waals surface area contributed by atoms with E-state index < -0.39 is 5.97 Å². The van der Waals surface area contributed by atoms with Crippen molar-refractivity contribution in [3.63, 3.8) is 0 Å². The van der Waals surface area contributed by atoms with Gasteiger partial charge in [-0.05, 0) is 41.8 Å². The quantitative estimate of drug-likeness (QED) is 0.436. The molecule has 0 N–H and O–H groups in total. The van der Waals surface area contributed by atoms with Crippen molar-refractivity contribution in [2.45, 2.75) is 6.92 Å². The highest BCUT2D eigenvalue weighted by Crippen LogP contribution is 2.36. The molecule has 1 heterocycles. The van der Waals surface area contributed by atoms with Crippen LogP contribution in [0.5, 0.6) is 11.5 Å². The summed E-state index contributed by atoms with van der Waals surface area (Å²) < 4.78 is 11.7. The molecule has 1 aromatic carbocycles. The number of esters is 1. The molecular weight excluding hydrogens is 390 g/mol. The Hall–Kier alpha value is -1.25. The van der Waals surface area contributed by atoms with Gasteiger partial charge in [-0.15, -0.1) is 11.8 Å². The van der Waals surface area contributed by atoms with Crippen LogP contribution in [0.4, 0.5) is 0 Å². The number of hydrogen-bond acceptors (Lipinski definition) is 7. The number of nitrogens with zero attached hydrogens (tertiary/aromatic N) is 1. The molecule has 116 valence electrons. The highest BCUT2D eigenvalue weighted by Gasteiger charge is 2.22. The van der Waals surface area contributed by atoms with E-state index in [0.29, 0.717) is 27.2 Å². The first kappa shape index (κ1) is 17.1. The zero-order valence-electron chi connectivity index (χ0n) is 12.0. The smallest absolute Gasteiger partial charge is 0.308 e. The number of rotatable bonds is 3. The third-order valence-electron chi connectivity index (χ3n) is 2.60. The molecule has 0 radical (unpaired) electrons. The van der Waals surface area contributed by atoms with E-state index in [1.807, 2.05) is 6.26 Å². The van der Waals surface area contributed by atoms with Crippen LogP contribution in [-0.2, 0) is 9.59 Å². The number of benzene rings is 1. The van der Waals surface area contributed by atoms with Gasteiger partial charge in [0.05, 0.1) is 7.11 Å². The second-order valence-electron chi connectivity index (χ2n) is 4.12. The maximum Gasteiger partial charge on any atom is 0.308 e. The van der Waals surface area contributed by atoms with Gasteiger partial charge >= 0.3 is 5.97 Å². The molecule has 1 aliphatic heterocycles. The van der Waals surface area contributed by atoms with Gasteiger partial charge in [-0.2, -0.15) is 0 Å². The lowest BCUT2D eigenvalue weighted by atomic mass is 10.1. The summed E-state index contributed by atoms with van der Waals surface area (Å²) in [6, 6.07) is 3.30. The van der Waals surface area contributed by atoms with Crippen LogP contribution in [0.2, 0.25) is 0 Å². The molecule has 0 atom stereocenters. The van der Waals surface area contributed by atoms with Crippen molar-refractivity contribution in [1.29, 1.82) is 0 Å². The Kier molecular flexibility index (Phi) is 5.71. The first-order valence-electron chi connectivity index (χ1n) is 6.07. The van der Waals surface area contributed by atoms with Crippen LogP contribution < -0.4 is 9.47 Å². The Morgan fingerprint density at radius 2 is 2.14 bits per heavy atom. The molecule has 22 heavy (non-hydrogen) atoms. The molecule has 1 aromatic rings. The number of hydrogen-bond donors (Lipinski definition) is 0. The standard InChI is InChI=1S/C14H12BrNO4S2/c1-7(17)20-12-6-9(15)8(5-11(12)19-2)4-10-13(18)22-14(16-10)21-3/h4-6H,1-3H3/b10-4-. The lowest BCUT2D eigenvalue weighted by Gasteiger charge is -2.10. The summed E-state index contributed by atoms with van der Waals surface area (Å²) >= 11 is 5.94. The lowest BCUT2D eigenvalue weighted by molar-refractivity contribution is -0.132. The van der Waals surface area contributed by atoms with Crippen molar-refractivity contribution >= 4 is 61.0 Å². The average molecular weight is 402 g/mol. The number of ether oxygens (including phenoxy) is 2. The fourth-order valence-electron chi connectivity index (χ4n) is 1.68. The molecule has 2 rings (SSSR count). The Bertz CT molecular complexity index is 700. The van der Waals surface area contributed by atoms with Crippen LogP contribution in [0.3, 0.4) is 0 Å². The van der Waals surface area contributed by atoms with Gasteiger partial charge < -0.3 is 9.47 Å². The van der Waals surface area contributed by atoms with E-state index in [1.165, 1.54) is 25.8 Å². The van der Waals surface area contributed by atoms with Crippen LogP contribution in [0, 0.1) is 0 Å². The molecule has 0 unspecified atom stereocenters. The summed E-state index contributed by atoms with van der Waals surface area (Å²) in [5.74, 6) is 0.273. The van der Waals surface area contributed by atoms with Gasteiger partial charge in [-0.3, -0.25) is 9.59 Å². The number of thioether (sulfide) groups is 2. The van der Waals surface area contributed by atoms with Gasteiger partial charge in [0.1, 0.15) is 10.1 Å². The average Bonchev–Trinajstić information content (AvgIpc) is 2.81. The first-order chi connectivity index (χ1) is 10.4. The highest BCUT2D eigenvalue weighted by molar-refractivity contribution is 9.10. The second-order valence-corrected chi connectivity index (χ2v) is 6.99. The summed E-state index contributed by atoms with van der Waals surface area (Å²) in [5.41, 5.74) is 1.08. The van der Waals surface area contributed by atoms with Gasteiger partial charge in [-0.1, -0.05) is 15.9 Å². The fraction of sp³-hybridized carbons (Fsp3) is 0.214. The largest absolute Gasteiger partial charge is 0.493 e. The van der Waals surface area contributed by atoms with Crippen molar-refractivity contribution in [2.24, 2.45) is 4.99 Å². The number of aliphatic imine (C=N–C) groups is 1. The topological polar surface area (TPSA) is 65.0 Å². The van der Waals surface area contributed by atoms with Crippen LogP contribution in [0.1, 0.15) is 12.5 Å². The van der Waals surface area contributed by atoms with Crippen LogP contribution >= 0.6 is 39.5 Å². The molecular formula is C14H12BrNO4S2. The van der Waals surface area contributed by atoms with Crippen molar-refractivity contribution in [1.82, 2.24) is 0 Å². The number of carbonyl (C=O) groups excluding carboxylic acids is 2. The van der Waals surface area contributed by atoms with Gasteiger partial charge in [0.25, 0.3) is 0 Å². The summed E-state index contributed by atoms with van der Waals surface area (Å²) in [5, 5.41) is -0.0979. The van der Waals surface area contributed by atoms with E-state index in [1.54, 1.807) is 18.2 Å². The molecule has 1 aliphatic rings. The molecule has 0 saturated heterocycles. The third-order valence-corrected chi connectivity index (χ3v) is 5.14. The van der Waals surface area contributed by atoms with Gasteiger partial charge in [0.2, 0.25) is 5.12 Å². The van der Waals surface area contributed by atoms with E-state index in [-0.39, 0.29) is 5.12 Å². The predicted molar refractivity (Wildman–Crippen MR) is 93.5 cm³/mol. The SMILES string of the molecule is COc1cc(/C=C2\N=C(SC)SC2=O)c(Br)cc1OC(C)=O. The van der Waals surface area contributed by atoms with E-state index in [0.717, 1.165) is 16.1 Å². The molecule has 0 aromatic heterocycles. The fourth-order valence-corrected chi connectivity index (χ4v) is 3.38. The van der Waals surface area contributed by atoms with E-state index in [4.69, 9.17) is 9.47 Å². The van der Waals surface area contributed by atoms with Crippen LogP contribution in [0.15, 0.2) is 27.3 Å². The third kappa shape index (κ3) is 3.93. The Labute approximate surface area is 144 Å². The number of methoxy groups -OCH3 is 1. The molecule has 5 nitrogen and oxygen atoms in total. The van der Waals surface area contributed by atoms with Crippen molar-refractivity contribution in [3.8, 4) is 11.5 Å². The molecule has 0 saturated carbocycles. The highest BCUT2D eigenvalue weighted by atomic mass is 79.9. The number of carbonyl (C=O) groups is 2. The maximum absolute atomic E-state index is 11.9.